The number of benzene rings is 1. The van der Waals surface area contributed by atoms with E-state index in [1.807, 2.05) is 30.3 Å². The van der Waals surface area contributed by atoms with Crippen molar-refractivity contribution in [2.24, 2.45) is 0 Å². The summed E-state index contributed by atoms with van der Waals surface area (Å²) in [6.07, 6.45) is 0.672. The van der Waals surface area contributed by atoms with Crippen molar-refractivity contribution >= 4 is 6.09 Å². The second kappa shape index (κ2) is 7.87. The van der Waals surface area contributed by atoms with Crippen molar-refractivity contribution in [3.05, 3.63) is 35.9 Å². The Bertz CT molecular complexity index is 410. The molecule has 1 heterocycles. The average Bonchev–Trinajstić information content (AvgIpc) is 2.95. The van der Waals surface area contributed by atoms with Crippen LogP contribution in [-0.2, 0) is 20.8 Å². The van der Waals surface area contributed by atoms with E-state index in [0.29, 0.717) is 32.9 Å². The Hall–Kier alpha value is -1.59. The predicted octanol–water partition coefficient (Wildman–Crippen LogP) is 2.06. The van der Waals surface area contributed by atoms with Crippen molar-refractivity contribution in [3.8, 4) is 0 Å². The van der Waals surface area contributed by atoms with Crippen molar-refractivity contribution in [1.29, 1.82) is 0 Å². The van der Waals surface area contributed by atoms with Crippen LogP contribution >= 0.6 is 0 Å². The number of rotatable bonds is 6. The van der Waals surface area contributed by atoms with Crippen LogP contribution in [0.4, 0.5) is 4.79 Å². The molecule has 1 saturated heterocycles. The number of hydrogen-bond donors (Lipinski definition) is 0. The number of carbonyl (C=O) groups is 1. The number of amides is 1. The normalized spacial score (nSPS) is 18.2. The van der Waals surface area contributed by atoms with Crippen molar-refractivity contribution in [3.63, 3.8) is 0 Å². The first kappa shape index (κ1) is 14.8. The lowest BCUT2D eigenvalue weighted by Crippen LogP contribution is -2.30. The van der Waals surface area contributed by atoms with E-state index >= 15 is 0 Å². The van der Waals surface area contributed by atoms with Crippen LogP contribution in [0.25, 0.3) is 0 Å². The fraction of sp³-hybridized carbons (Fsp3) is 0.533. The topological polar surface area (TPSA) is 48.0 Å². The molecule has 1 aliphatic heterocycles. The molecular formula is C15H21NO4. The Kier molecular flexibility index (Phi) is 5.83. The van der Waals surface area contributed by atoms with Crippen LogP contribution in [0.5, 0.6) is 0 Å². The lowest BCUT2D eigenvalue weighted by Gasteiger charge is -2.16. The Morgan fingerprint density at radius 3 is 2.85 bits per heavy atom. The lowest BCUT2D eigenvalue weighted by atomic mass is 10.2. The second-order valence-electron chi connectivity index (χ2n) is 4.76. The summed E-state index contributed by atoms with van der Waals surface area (Å²) in [5.74, 6) is 0. The Balaban J connectivity index is 1.69. The van der Waals surface area contributed by atoms with Gasteiger partial charge >= 0.3 is 6.09 Å². The number of nitrogens with zero attached hydrogens (tertiary/aromatic N) is 1. The number of methoxy groups -OCH3 is 1. The van der Waals surface area contributed by atoms with Gasteiger partial charge in [-0.1, -0.05) is 30.3 Å². The fourth-order valence-electron chi connectivity index (χ4n) is 2.14. The highest BCUT2D eigenvalue weighted by Gasteiger charge is 2.27. The molecule has 5 heteroatoms. The summed E-state index contributed by atoms with van der Waals surface area (Å²) >= 11 is 0. The third kappa shape index (κ3) is 4.51. The van der Waals surface area contributed by atoms with Gasteiger partial charge in [-0.2, -0.15) is 0 Å². The molecule has 1 fully saturated rings. The minimum Gasteiger partial charge on any atom is -0.445 e. The molecule has 0 saturated carbocycles. The second-order valence-corrected chi connectivity index (χ2v) is 4.76. The van der Waals surface area contributed by atoms with E-state index in [4.69, 9.17) is 14.2 Å². The van der Waals surface area contributed by atoms with Gasteiger partial charge < -0.3 is 19.1 Å². The molecule has 0 N–H and O–H groups in total. The highest BCUT2D eigenvalue weighted by molar-refractivity contribution is 5.68. The molecule has 0 aliphatic carbocycles. The number of ether oxygens (including phenoxy) is 3. The minimum absolute atomic E-state index is 0.0921. The SMILES string of the molecule is COCCOC1CCN(C(=O)OCc2ccccc2)C1. The highest BCUT2D eigenvalue weighted by atomic mass is 16.6. The van der Waals surface area contributed by atoms with E-state index in [1.54, 1.807) is 12.0 Å². The smallest absolute Gasteiger partial charge is 0.410 e. The van der Waals surface area contributed by atoms with Crippen LogP contribution in [0.3, 0.4) is 0 Å². The van der Waals surface area contributed by atoms with Crippen LogP contribution in [0.15, 0.2) is 30.3 Å². The van der Waals surface area contributed by atoms with E-state index in [0.717, 1.165) is 12.0 Å². The van der Waals surface area contributed by atoms with Gasteiger partial charge in [0.1, 0.15) is 6.61 Å². The molecule has 110 valence electrons. The van der Waals surface area contributed by atoms with Gasteiger partial charge in [0.05, 0.1) is 25.9 Å². The molecular weight excluding hydrogens is 258 g/mol. The zero-order valence-corrected chi connectivity index (χ0v) is 11.8. The number of likely N-dealkylation sites (tertiary alicyclic amines) is 1. The summed E-state index contributed by atoms with van der Waals surface area (Å²) in [5, 5.41) is 0. The first-order valence-electron chi connectivity index (χ1n) is 6.86. The van der Waals surface area contributed by atoms with Gasteiger partial charge in [-0.15, -0.1) is 0 Å². The maximum absolute atomic E-state index is 11.9. The van der Waals surface area contributed by atoms with Gasteiger partial charge in [-0.25, -0.2) is 4.79 Å². The summed E-state index contributed by atoms with van der Waals surface area (Å²) in [6.45, 7) is 2.73. The van der Waals surface area contributed by atoms with Gasteiger partial charge in [-0.05, 0) is 12.0 Å². The van der Waals surface area contributed by atoms with Crippen LogP contribution in [-0.4, -0.2) is 50.5 Å². The van der Waals surface area contributed by atoms with E-state index < -0.39 is 0 Å². The maximum Gasteiger partial charge on any atom is 0.410 e. The maximum atomic E-state index is 11.9. The quantitative estimate of drug-likeness (QED) is 0.748. The Morgan fingerprint density at radius 1 is 1.30 bits per heavy atom. The molecule has 1 aliphatic rings. The third-order valence-electron chi connectivity index (χ3n) is 3.25. The van der Waals surface area contributed by atoms with E-state index in [9.17, 15) is 4.79 Å². The van der Waals surface area contributed by atoms with E-state index in [2.05, 4.69) is 0 Å². The van der Waals surface area contributed by atoms with Crippen molar-refractivity contribution in [2.45, 2.75) is 19.1 Å². The average molecular weight is 279 g/mol. The zero-order chi connectivity index (χ0) is 14.2. The predicted molar refractivity (Wildman–Crippen MR) is 74.4 cm³/mol. The van der Waals surface area contributed by atoms with E-state index in [1.165, 1.54) is 0 Å². The van der Waals surface area contributed by atoms with Crippen molar-refractivity contribution < 1.29 is 19.0 Å². The molecule has 1 unspecified atom stereocenters. The third-order valence-corrected chi connectivity index (χ3v) is 3.25. The Morgan fingerprint density at radius 2 is 2.10 bits per heavy atom. The van der Waals surface area contributed by atoms with Gasteiger partial charge in [0.2, 0.25) is 0 Å². The Labute approximate surface area is 119 Å². The van der Waals surface area contributed by atoms with Gasteiger partial charge in [-0.3, -0.25) is 0 Å². The lowest BCUT2D eigenvalue weighted by molar-refractivity contribution is 0.0210. The zero-order valence-electron chi connectivity index (χ0n) is 11.8. The molecule has 5 nitrogen and oxygen atoms in total. The molecule has 0 aromatic heterocycles. The molecule has 0 spiro atoms. The van der Waals surface area contributed by atoms with E-state index in [-0.39, 0.29) is 12.2 Å². The van der Waals surface area contributed by atoms with Crippen LogP contribution in [0.1, 0.15) is 12.0 Å². The fourth-order valence-corrected chi connectivity index (χ4v) is 2.14. The molecule has 0 radical (unpaired) electrons. The molecule has 1 atom stereocenters. The number of carbonyl (C=O) groups excluding carboxylic acids is 1. The number of hydrogen-bond acceptors (Lipinski definition) is 4. The molecule has 0 bridgehead atoms. The van der Waals surface area contributed by atoms with Crippen molar-refractivity contribution in [2.75, 3.05) is 33.4 Å². The molecule has 1 aromatic carbocycles. The monoisotopic (exact) mass is 279 g/mol. The first-order valence-corrected chi connectivity index (χ1v) is 6.86. The first-order chi connectivity index (χ1) is 9.79. The molecule has 2 rings (SSSR count). The minimum atomic E-state index is -0.272. The summed E-state index contributed by atoms with van der Waals surface area (Å²) in [4.78, 5) is 13.6. The van der Waals surface area contributed by atoms with Crippen LogP contribution < -0.4 is 0 Å². The standard InChI is InChI=1S/C15H21NO4/c1-18-9-10-19-14-7-8-16(11-14)15(17)20-12-13-5-3-2-4-6-13/h2-6,14H,7-12H2,1H3. The molecule has 20 heavy (non-hydrogen) atoms. The molecule has 1 amide bonds. The summed E-state index contributed by atoms with van der Waals surface area (Å²) in [5.41, 5.74) is 0.993. The highest BCUT2D eigenvalue weighted by Crippen LogP contribution is 2.14. The van der Waals surface area contributed by atoms with Gasteiger partial charge in [0.25, 0.3) is 0 Å². The summed E-state index contributed by atoms with van der Waals surface area (Å²) in [6, 6.07) is 9.67. The largest absolute Gasteiger partial charge is 0.445 e. The molecule has 1 aromatic rings. The van der Waals surface area contributed by atoms with Gasteiger partial charge in [0, 0.05) is 13.7 Å². The van der Waals surface area contributed by atoms with Crippen molar-refractivity contribution in [1.82, 2.24) is 4.90 Å². The van der Waals surface area contributed by atoms with Crippen LogP contribution in [0, 0.1) is 0 Å². The van der Waals surface area contributed by atoms with Gasteiger partial charge in [0.15, 0.2) is 0 Å². The summed E-state index contributed by atoms with van der Waals surface area (Å²) < 4.78 is 15.8. The van der Waals surface area contributed by atoms with Crippen LogP contribution in [0.2, 0.25) is 0 Å². The summed E-state index contributed by atoms with van der Waals surface area (Å²) in [7, 11) is 1.64.